The molecule has 14 heavy (non-hydrogen) atoms. The lowest BCUT2D eigenvalue weighted by molar-refractivity contribution is 0.0699. The van der Waals surface area contributed by atoms with Gasteiger partial charge in [0, 0.05) is 0 Å². The van der Waals surface area contributed by atoms with E-state index in [1.54, 1.807) is 0 Å². The lowest BCUT2D eigenvalue weighted by Crippen LogP contribution is -2.09. The van der Waals surface area contributed by atoms with E-state index in [2.05, 4.69) is 4.74 Å². The Morgan fingerprint density at radius 3 is 2.64 bits per heavy atom. The van der Waals surface area contributed by atoms with Crippen molar-refractivity contribution in [2.24, 2.45) is 5.92 Å². The minimum absolute atomic E-state index is 0.503. The van der Waals surface area contributed by atoms with Crippen LogP contribution in [0.25, 0.3) is 0 Å². The summed E-state index contributed by atoms with van der Waals surface area (Å²) in [6, 6.07) is 0. The van der Waals surface area contributed by atoms with Crippen LogP contribution in [0.4, 0.5) is 4.79 Å². The zero-order chi connectivity index (χ0) is 10.2. The van der Waals surface area contributed by atoms with Gasteiger partial charge >= 0.3 is 6.16 Å². The molecule has 0 aliphatic heterocycles. The number of rotatable bonds is 4. The predicted molar refractivity (Wildman–Crippen MR) is 54.2 cm³/mol. The Balaban J connectivity index is 1.94. The summed E-state index contributed by atoms with van der Waals surface area (Å²) in [6.07, 6.45) is 8.47. The predicted octanol–water partition coefficient (Wildman–Crippen LogP) is 3.13. The van der Waals surface area contributed by atoms with Crippen LogP contribution < -0.4 is 0 Å². The van der Waals surface area contributed by atoms with Crippen LogP contribution in [0.15, 0.2) is 0 Å². The van der Waals surface area contributed by atoms with E-state index in [0.717, 1.165) is 12.3 Å². The average Bonchev–Trinajstić information content (AvgIpc) is 2.25. The summed E-state index contributed by atoms with van der Waals surface area (Å²) < 4.78 is 9.20. The van der Waals surface area contributed by atoms with Crippen LogP contribution in [-0.4, -0.2) is 19.9 Å². The molecule has 1 saturated carbocycles. The van der Waals surface area contributed by atoms with E-state index in [1.807, 2.05) is 0 Å². The zero-order valence-corrected chi connectivity index (χ0v) is 8.96. The second-order valence-electron chi connectivity index (χ2n) is 3.95. The molecule has 0 heterocycles. The van der Waals surface area contributed by atoms with Crippen molar-refractivity contribution >= 4 is 6.16 Å². The quantitative estimate of drug-likeness (QED) is 0.516. The standard InChI is InChI=1S/C11H20O3/c1-13-11(12)14-9-5-8-10-6-3-2-4-7-10/h10H,2-9H2,1H3. The smallest absolute Gasteiger partial charge is 0.438 e. The SMILES string of the molecule is COC(=O)OCCCC1CCCCC1. The van der Waals surface area contributed by atoms with Crippen molar-refractivity contribution in [2.45, 2.75) is 44.9 Å². The highest BCUT2D eigenvalue weighted by Crippen LogP contribution is 2.27. The highest BCUT2D eigenvalue weighted by atomic mass is 16.7. The minimum atomic E-state index is -0.561. The van der Waals surface area contributed by atoms with Gasteiger partial charge in [0.05, 0.1) is 13.7 Å². The van der Waals surface area contributed by atoms with Crippen LogP contribution in [0.3, 0.4) is 0 Å². The third kappa shape index (κ3) is 4.49. The van der Waals surface area contributed by atoms with Crippen LogP contribution >= 0.6 is 0 Å². The number of hydrogen-bond acceptors (Lipinski definition) is 3. The van der Waals surface area contributed by atoms with Gasteiger partial charge in [0.1, 0.15) is 0 Å². The third-order valence-corrected chi connectivity index (χ3v) is 2.87. The summed E-state index contributed by atoms with van der Waals surface area (Å²) in [5, 5.41) is 0. The molecule has 0 aromatic carbocycles. The van der Waals surface area contributed by atoms with Crippen molar-refractivity contribution in [3.8, 4) is 0 Å². The van der Waals surface area contributed by atoms with Crippen LogP contribution in [0.2, 0.25) is 0 Å². The first-order chi connectivity index (χ1) is 6.83. The monoisotopic (exact) mass is 200 g/mol. The van der Waals surface area contributed by atoms with E-state index in [0.29, 0.717) is 6.61 Å². The van der Waals surface area contributed by atoms with Crippen LogP contribution in [0, 0.1) is 5.92 Å². The molecule has 0 N–H and O–H groups in total. The first-order valence-corrected chi connectivity index (χ1v) is 5.53. The molecule has 3 heteroatoms. The Labute approximate surface area is 85.8 Å². The molecule has 0 spiro atoms. The molecule has 0 aromatic heterocycles. The molecule has 0 radical (unpaired) electrons. The van der Waals surface area contributed by atoms with E-state index < -0.39 is 6.16 Å². The fourth-order valence-electron chi connectivity index (χ4n) is 2.06. The largest absolute Gasteiger partial charge is 0.507 e. The summed E-state index contributed by atoms with van der Waals surface area (Å²) in [4.78, 5) is 10.6. The molecule has 0 amide bonds. The Bertz CT molecular complexity index is 162. The Morgan fingerprint density at radius 2 is 2.00 bits per heavy atom. The highest BCUT2D eigenvalue weighted by Gasteiger charge is 2.12. The van der Waals surface area contributed by atoms with Crippen molar-refractivity contribution in [1.82, 2.24) is 0 Å². The van der Waals surface area contributed by atoms with E-state index in [1.165, 1.54) is 45.6 Å². The number of methoxy groups -OCH3 is 1. The fraction of sp³-hybridized carbons (Fsp3) is 0.909. The molecule has 0 aromatic rings. The molecule has 0 atom stereocenters. The molecule has 82 valence electrons. The Kier molecular flexibility index (Phi) is 5.42. The van der Waals surface area contributed by atoms with Crippen LogP contribution in [0.5, 0.6) is 0 Å². The van der Waals surface area contributed by atoms with Crippen LogP contribution in [-0.2, 0) is 9.47 Å². The maximum absolute atomic E-state index is 10.6. The molecule has 1 aliphatic carbocycles. The van der Waals surface area contributed by atoms with Gasteiger partial charge in [0.15, 0.2) is 0 Å². The molecular formula is C11H20O3. The summed E-state index contributed by atoms with van der Waals surface area (Å²) in [7, 11) is 1.34. The van der Waals surface area contributed by atoms with Crippen molar-refractivity contribution in [1.29, 1.82) is 0 Å². The van der Waals surface area contributed by atoms with Gasteiger partial charge in [-0.15, -0.1) is 0 Å². The molecule has 0 unspecified atom stereocenters. The number of ether oxygens (including phenoxy) is 2. The molecule has 3 nitrogen and oxygen atoms in total. The third-order valence-electron chi connectivity index (χ3n) is 2.87. The molecule has 1 rings (SSSR count). The first-order valence-electron chi connectivity index (χ1n) is 5.53. The zero-order valence-electron chi connectivity index (χ0n) is 8.96. The Morgan fingerprint density at radius 1 is 1.29 bits per heavy atom. The second-order valence-corrected chi connectivity index (χ2v) is 3.95. The van der Waals surface area contributed by atoms with Crippen molar-refractivity contribution in [3.63, 3.8) is 0 Å². The maximum Gasteiger partial charge on any atom is 0.507 e. The fourth-order valence-corrected chi connectivity index (χ4v) is 2.06. The summed E-state index contributed by atoms with van der Waals surface area (Å²) >= 11 is 0. The van der Waals surface area contributed by atoms with Crippen molar-refractivity contribution < 1.29 is 14.3 Å². The average molecular weight is 200 g/mol. The van der Waals surface area contributed by atoms with Gasteiger partial charge in [-0.2, -0.15) is 0 Å². The van der Waals surface area contributed by atoms with Gasteiger partial charge in [0.2, 0.25) is 0 Å². The van der Waals surface area contributed by atoms with E-state index in [-0.39, 0.29) is 0 Å². The van der Waals surface area contributed by atoms with E-state index >= 15 is 0 Å². The van der Waals surface area contributed by atoms with Gasteiger partial charge in [0.25, 0.3) is 0 Å². The van der Waals surface area contributed by atoms with Gasteiger partial charge in [-0.25, -0.2) is 4.79 Å². The highest BCUT2D eigenvalue weighted by molar-refractivity contribution is 5.59. The Hall–Kier alpha value is -0.730. The molecule has 1 fully saturated rings. The molecule has 0 saturated heterocycles. The number of hydrogen-bond donors (Lipinski definition) is 0. The summed E-state index contributed by atoms with van der Waals surface area (Å²) in [5.74, 6) is 0.866. The molecular weight excluding hydrogens is 180 g/mol. The molecule has 1 aliphatic rings. The van der Waals surface area contributed by atoms with Crippen LogP contribution in [0.1, 0.15) is 44.9 Å². The number of carbonyl (C=O) groups is 1. The van der Waals surface area contributed by atoms with Gasteiger partial charge in [-0.3, -0.25) is 0 Å². The normalized spacial score (nSPS) is 17.8. The lowest BCUT2D eigenvalue weighted by Gasteiger charge is -2.20. The van der Waals surface area contributed by atoms with Crippen molar-refractivity contribution in [3.05, 3.63) is 0 Å². The second kappa shape index (κ2) is 6.68. The first kappa shape index (κ1) is 11.3. The lowest BCUT2D eigenvalue weighted by atomic mass is 9.86. The summed E-state index contributed by atoms with van der Waals surface area (Å²) in [5.41, 5.74) is 0. The maximum atomic E-state index is 10.6. The van der Waals surface area contributed by atoms with E-state index in [9.17, 15) is 4.79 Å². The van der Waals surface area contributed by atoms with Crippen molar-refractivity contribution in [2.75, 3.05) is 13.7 Å². The van der Waals surface area contributed by atoms with Gasteiger partial charge in [-0.1, -0.05) is 32.1 Å². The van der Waals surface area contributed by atoms with Gasteiger partial charge in [-0.05, 0) is 18.8 Å². The van der Waals surface area contributed by atoms with Gasteiger partial charge < -0.3 is 9.47 Å². The summed E-state index contributed by atoms with van der Waals surface area (Å²) in [6.45, 7) is 0.503. The number of carbonyl (C=O) groups excluding carboxylic acids is 1. The minimum Gasteiger partial charge on any atom is -0.438 e. The molecule has 0 bridgehead atoms. The topological polar surface area (TPSA) is 35.5 Å². The van der Waals surface area contributed by atoms with E-state index in [4.69, 9.17) is 4.74 Å².